The van der Waals surface area contributed by atoms with Gasteiger partial charge < -0.3 is 15.4 Å². The van der Waals surface area contributed by atoms with Crippen molar-refractivity contribution in [3.63, 3.8) is 0 Å². The van der Waals surface area contributed by atoms with E-state index in [-0.39, 0.29) is 11.5 Å². The minimum atomic E-state index is -0.0859. The van der Waals surface area contributed by atoms with Gasteiger partial charge in [0, 0.05) is 30.2 Å². The molecule has 0 aromatic carbocycles. The summed E-state index contributed by atoms with van der Waals surface area (Å²) >= 11 is 0. The van der Waals surface area contributed by atoms with Crippen molar-refractivity contribution < 1.29 is 4.74 Å². The molecule has 21 heavy (non-hydrogen) atoms. The number of rotatable bonds is 7. The van der Waals surface area contributed by atoms with Gasteiger partial charge in [-0.2, -0.15) is 0 Å². The number of nitrogens with zero attached hydrogens (tertiary/aromatic N) is 2. The fourth-order valence-electron chi connectivity index (χ4n) is 1.90. The average molecular weight is 294 g/mol. The van der Waals surface area contributed by atoms with Crippen LogP contribution in [0.2, 0.25) is 0 Å². The van der Waals surface area contributed by atoms with Gasteiger partial charge >= 0.3 is 0 Å². The molecule has 0 radical (unpaired) electrons. The van der Waals surface area contributed by atoms with Crippen molar-refractivity contribution in [2.75, 3.05) is 30.4 Å². The van der Waals surface area contributed by atoms with Gasteiger partial charge in [-0.3, -0.25) is 0 Å². The number of nitrogens with one attached hydrogen (secondary N) is 2. The Morgan fingerprint density at radius 1 is 1.14 bits per heavy atom. The van der Waals surface area contributed by atoms with Gasteiger partial charge in [0.15, 0.2) is 0 Å². The van der Waals surface area contributed by atoms with E-state index in [9.17, 15) is 0 Å². The Labute approximate surface area is 128 Å². The van der Waals surface area contributed by atoms with E-state index in [0.717, 1.165) is 36.2 Å². The van der Waals surface area contributed by atoms with Gasteiger partial charge in [-0.05, 0) is 27.7 Å². The first-order chi connectivity index (χ1) is 9.79. The highest BCUT2D eigenvalue weighted by molar-refractivity contribution is 5.58. The maximum atomic E-state index is 5.46. The molecule has 5 heteroatoms. The van der Waals surface area contributed by atoms with Crippen LogP contribution < -0.4 is 10.6 Å². The SMILES string of the molecule is CCNc1nc(C(C)(C)C)nc(NC(C)COCC)c1C. The van der Waals surface area contributed by atoms with Crippen LogP contribution in [0.5, 0.6) is 0 Å². The largest absolute Gasteiger partial charge is 0.380 e. The first-order valence-electron chi connectivity index (χ1n) is 7.76. The molecular weight excluding hydrogens is 264 g/mol. The summed E-state index contributed by atoms with van der Waals surface area (Å²) in [6, 6.07) is 0.209. The van der Waals surface area contributed by atoms with E-state index in [1.54, 1.807) is 0 Å². The van der Waals surface area contributed by atoms with Gasteiger partial charge in [0.05, 0.1) is 6.61 Å². The first-order valence-corrected chi connectivity index (χ1v) is 7.76. The van der Waals surface area contributed by atoms with Gasteiger partial charge in [0.2, 0.25) is 0 Å². The minimum Gasteiger partial charge on any atom is -0.380 e. The lowest BCUT2D eigenvalue weighted by Crippen LogP contribution is -2.25. The molecule has 1 heterocycles. The van der Waals surface area contributed by atoms with E-state index >= 15 is 0 Å². The van der Waals surface area contributed by atoms with Crippen molar-refractivity contribution in [1.82, 2.24) is 9.97 Å². The highest BCUT2D eigenvalue weighted by Crippen LogP contribution is 2.26. The van der Waals surface area contributed by atoms with E-state index in [1.165, 1.54) is 0 Å². The van der Waals surface area contributed by atoms with Crippen LogP contribution >= 0.6 is 0 Å². The number of ether oxygens (including phenoxy) is 1. The zero-order chi connectivity index (χ0) is 16.0. The summed E-state index contributed by atoms with van der Waals surface area (Å²) in [7, 11) is 0. The lowest BCUT2D eigenvalue weighted by atomic mass is 9.95. The van der Waals surface area contributed by atoms with Crippen LogP contribution in [0.4, 0.5) is 11.6 Å². The van der Waals surface area contributed by atoms with Crippen molar-refractivity contribution in [2.24, 2.45) is 0 Å². The third-order valence-electron chi connectivity index (χ3n) is 3.12. The number of aromatic nitrogens is 2. The van der Waals surface area contributed by atoms with E-state index in [1.807, 2.05) is 13.8 Å². The minimum absolute atomic E-state index is 0.0859. The monoisotopic (exact) mass is 294 g/mol. The molecule has 0 aliphatic heterocycles. The van der Waals surface area contributed by atoms with Gasteiger partial charge in [0.1, 0.15) is 17.5 Å². The van der Waals surface area contributed by atoms with Gasteiger partial charge in [-0.15, -0.1) is 0 Å². The zero-order valence-electron chi connectivity index (χ0n) is 14.5. The van der Waals surface area contributed by atoms with E-state index < -0.39 is 0 Å². The van der Waals surface area contributed by atoms with Crippen LogP contribution in [0.1, 0.15) is 52.9 Å². The van der Waals surface area contributed by atoms with Crippen molar-refractivity contribution in [1.29, 1.82) is 0 Å². The molecule has 0 fully saturated rings. The van der Waals surface area contributed by atoms with Crippen LogP contribution in [0.15, 0.2) is 0 Å². The summed E-state index contributed by atoms with van der Waals surface area (Å²) in [6.07, 6.45) is 0. The number of hydrogen-bond donors (Lipinski definition) is 2. The predicted octanol–water partition coefficient (Wildman–Crippen LogP) is 3.35. The van der Waals surface area contributed by atoms with Crippen molar-refractivity contribution in [3.05, 3.63) is 11.4 Å². The highest BCUT2D eigenvalue weighted by Gasteiger charge is 2.21. The summed E-state index contributed by atoms with van der Waals surface area (Å²) in [4.78, 5) is 9.39. The maximum absolute atomic E-state index is 5.46. The van der Waals surface area contributed by atoms with E-state index in [4.69, 9.17) is 9.72 Å². The molecule has 0 saturated carbocycles. The Morgan fingerprint density at radius 2 is 1.76 bits per heavy atom. The fraction of sp³-hybridized carbons (Fsp3) is 0.750. The topological polar surface area (TPSA) is 59.1 Å². The molecule has 2 N–H and O–H groups in total. The molecule has 0 aliphatic rings. The number of anilines is 2. The summed E-state index contributed by atoms with van der Waals surface area (Å²) < 4.78 is 5.46. The fourth-order valence-corrected chi connectivity index (χ4v) is 1.90. The second-order valence-electron chi connectivity index (χ2n) is 6.35. The second-order valence-corrected chi connectivity index (χ2v) is 6.35. The molecule has 1 unspecified atom stereocenters. The Hall–Kier alpha value is -1.36. The summed E-state index contributed by atoms with van der Waals surface area (Å²) in [5.41, 5.74) is 0.963. The normalized spacial score (nSPS) is 13.1. The average Bonchev–Trinajstić information content (AvgIpc) is 2.39. The van der Waals surface area contributed by atoms with Crippen LogP contribution in [0.3, 0.4) is 0 Å². The molecule has 0 saturated heterocycles. The standard InChI is InChI=1S/C16H30N4O/c1-8-17-13-12(4)14(18-11(3)10-21-9-2)20-15(19-13)16(5,6)7/h11H,8-10H2,1-7H3,(H2,17,18,19,20). The van der Waals surface area contributed by atoms with Crippen molar-refractivity contribution >= 4 is 11.6 Å². The van der Waals surface area contributed by atoms with Crippen LogP contribution in [0.25, 0.3) is 0 Å². The van der Waals surface area contributed by atoms with E-state index in [0.29, 0.717) is 6.61 Å². The Balaban J connectivity index is 3.08. The maximum Gasteiger partial charge on any atom is 0.138 e. The second kappa shape index (κ2) is 7.59. The summed E-state index contributed by atoms with van der Waals surface area (Å²) in [5, 5.41) is 6.76. The quantitative estimate of drug-likeness (QED) is 0.807. The summed E-state index contributed by atoms with van der Waals surface area (Å²) in [6.45, 7) is 16.8. The molecule has 120 valence electrons. The van der Waals surface area contributed by atoms with E-state index in [2.05, 4.69) is 50.2 Å². The molecule has 1 atom stereocenters. The molecule has 0 aliphatic carbocycles. The highest BCUT2D eigenvalue weighted by atomic mass is 16.5. The molecule has 0 bridgehead atoms. The van der Waals surface area contributed by atoms with Gasteiger partial charge in [-0.25, -0.2) is 9.97 Å². The van der Waals surface area contributed by atoms with Gasteiger partial charge in [-0.1, -0.05) is 20.8 Å². The molecule has 0 amide bonds. The lowest BCUT2D eigenvalue weighted by Gasteiger charge is -2.23. The van der Waals surface area contributed by atoms with Gasteiger partial charge in [0.25, 0.3) is 0 Å². The summed E-state index contributed by atoms with van der Waals surface area (Å²) in [5.74, 6) is 2.64. The van der Waals surface area contributed by atoms with Crippen LogP contribution in [-0.4, -0.2) is 35.8 Å². The smallest absolute Gasteiger partial charge is 0.138 e. The van der Waals surface area contributed by atoms with Crippen LogP contribution in [-0.2, 0) is 10.2 Å². The first kappa shape index (κ1) is 17.7. The Kier molecular flexibility index (Phi) is 6.40. The Morgan fingerprint density at radius 3 is 2.29 bits per heavy atom. The predicted molar refractivity (Wildman–Crippen MR) is 89.2 cm³/mol. The lowest BCUT2D eigenvalue weighted by molar-refractivity contribution is 0.141. The molecule has 5 nitrogen and oxygen atoms in total. The third-order valence-corrected chi connectivity index (χ3v) is 3.12. The molecule has 1 aromatic heterocycles. The molecular formula is C16H30N4O. The molecule has 1 rings (SSSR count). The Bertz CT molecular complexity index is 454. The molecule has 1 aromatic rings. The van der Waals surface area contributed by atoms with Crippen molar-refractivity contribution in [3.8, 4) is 0 Å². The molecule has 0 spiro atoms. The number of hydrogen-bond acceptors (Lipinski definition) is 5. The van der Waals surface area contributed by atoms with Crippen molar-refractivity contribution in [2.45, 2.75) is 59.9 Å². The van der Waals surface area contributed by atoms with Crippen LogP contribution in [0, 0.1) is 6.92 Å². The third kappa shape index (κ3) is 5.16. The zero-order valence-corrected chi connectivity index (χ0v) is 14.5.